The fourth-order valence-corrected chi connectivity index (χ4v) is 7.83. The predicted octanol–water partition coefficient (Wildman–Crippen LogP) is 11.7. The van der Waals surface area contributed by atoms with E-state index in [1.54, 1.807) is 0 Å². The zero-order valence-electron chi connectivity index (χ0n) is 39.2. The third-order valence-electron chi connectivity index (χ3n) is 11.9. The first-order valence-corrected chi connectivity index (χ1v) is 25.4. The van der Waals surface area contributed by atoms with Crippen LogP contribution < -0.4 is 0 Å². The Morgan fingerprint density at radius 3 is 1.34 bits per heavy atom. The molecule has 6 atom stereocenters. The molecule has 2 unspecified atom stereocenters. The molecule has 0 aromatic heterocycles. The normalized spacial score (nSPS) is 19.9. The van der Waals surface area contributed by atoms with E-state index in [2.05, 4.69) is 38.2 Å². The van der Waals surface area contributed by atoms with Gasteiger partial charge in [-0.3, -0.25) is 9.59 Å². The van der Waals surface area contributed by atoms with Crippen LogP contribution in [0.4, 0.5) is 0 Å². The lowest BCUT2D eigenvalue weighted by atomic mass is 9.99. The number of unbranched alkanes of at least 4 members (excludes halogenated alkanes) is 29. The van der Waals surface area contributed by atoms with Crippen molar-refractivity contribution < 1.29 is 49.0 Å². The molecule has 358 valence electrons. The molecule has 4 N–H and O–H groups in total. The Labute approximate surface area is 373 Å². The summed E-state index contributed by atoms with van der Waals surface area (Å²) in [6, 6.07) is 0. The number of rotatable bonds is 43. The minimum Gasteiger partial charge on any atom is -0.462 e. The van der Waals surface area contributed by atoms with E-state index in [9.17, 15) is 30.0 Å². The molecule has 0 bridgehead atoms. The number of carbonyl (C=O) groups excluding carboxylic acids is 2. The summed E-state index contributed by atoms with van der Waals surface area (Å²) in [4.78, 5) is 25.4. The zero-order chi connectivity index (χ0) is 44.4. The van der Waals surface area contributed by atoms with E-state index in [-0.39, 0.29) is 32.0 Å². The summed E-state index contributed by atoms with van der Waals surface area (Å²) >= 11 is 0. The van der Waals surface area contributed by atoms with E-state index in [1.807, 2.05) is 0 Å². The fraction of sp³-hybridized carbons (Fsp3) is 0.882. The molecule has 61 heavy (non-hydrogen) atoms. The van der Waals surface area contributed by atoms with E-state index in [0.29, 0.717) is 6.42 Å². The van der Waals surface area contributed by atoms with Gasteiger partial charge in [0.15, 0.2) is 12.4 Å². The van der Waals surface area contributed by atoms with Crippen molar-refractivity contribution >= 4 is 11.9 Å². The van der Waals surface area contributed by atoms with Gasteiger partial charge in [0.05, 0.1) is 13.2 Å². The smallest absolute Gasteiger partial charge is 0.306 e. The molecule has 10 heteroatoms. The second-order valence-electron chi connectivity index (χ2n) is 17.7. The maximum atomic E-state index is 12.8. The first-order chi connectivity index (χ1) is 29.8. The van der Waals surface area contributed by atoms with Crippen LogP contribution in [0.3, 0.4) is 0 Å². The minimum absolute atomic E-state index is 0.215. The van der Waals surface area contributed by atoms with E-state index in [1.165, 1.54) is 141 Å². The molecule has 1 heterocycles. The van der Waals surface area contributed by atoms with Crippen LogP contribution in [0.15, 0.2) is 24.3 Å². The monoisotopic (exact) mass is 867 g/mol. The van der Waals surface area contributed by atoms with Crippen LogP contribution >= 0.6 is 0 Å². The predicted molar refractivity (Wildman–Crippen MR) is 247 cm³/mol. The SMILES string of the molecule is CCCCCC/C=C/C=C/CCCCCCCC(=O)O[C@@H](COC(=O)CCCCCCCCCCCCCCCCCCCCCCC)CO[C@H]1O[C@@H](CO)[C@@H](O)C(O)C1O. The second kappa shape index (κ2) is 42.1. The Bertz CT molecular complexity index is 1050. The molecule has 0 aromatic carbocycles. The third kappa shape index (κ3) is 33.4. The highest BCUT2D eigenvalue weighted by Crippen LogP contribution is 2.23. The summed E-state index contributed by atoms with van der Waals surface area (Å²) in [6.45, 7) is 3.42. The number of hydrogen-bond acceptors (Lipinski definition) is 10. The van der Waals surface area contributed by atoms with E-state index >= 15 is 0 Å². The van der Waals surface area contributed by atoms with Crippen molar-refractivity contribution in [3.63, 3.8) is 0 Å². The average Bonchev–Trinajstić information content (AvgIpc) is 3.26. The van der Waals surface area contributed by atoms with Gasteiger partial charge in [-0.1, -0.05) is 205 Å². The number of aliphatic hydroxyl groups is 4. The lowest BCUT2D eigenvalue weighted by Crippen LogP contribution is -2.59. The van der Waals surface area contributed by atoms with Gasteiger partial charge < -0.3 is 39.4 Å². The summed E-state index contributed by atoms with van der Waals surface area (Å²) in [5, 5.41) is 40.2. The Morgan fingerprint density at radius 2 is 0.902 bits per heavy atom. The van der Waals surface area contributed by atoms with Gasteiger partial charge in [0, 0.05) is 12.8 Å². The molecule has 1 rings (SSSR count). The van der Waals surface area contributed by atoms with E-state index in [0.717, 1.165) is 57.8 Å². The number of ether oxygens (including phenoxy) is 4. The molecule has 0 saturated carbocycles. The topological polar surface area (TPSA) is 152 Å². The molecule has 0 aliphatic carbocycles. The molecular formula is C51H94O10. The Balaban J connectivity index is 2.25. The molecular weight excluding hydrogens is 773 g/mol. The van der Waals surface area contributed by atoms with Crippen molar-refractivity contribution in [3.05, 3.63) is 24.3 Å². The number of aliphatic hydroxyl groups excluding tert-OH is 4. The standard InChI is InChI=1S/C51H94O10/c1-3-5-7-9-11-13-15-17-19-20-21-22-23-24-26-27-29-31-33-35-37-39-46(53)58-42-44(43-59-51-50(57)49(56)48(55)45(41-52)61-51)60-47(54)40-38-36-34-32-30-28-25-18-16-14-12-10-8-6-4-2/h14,16,18,25,44-45,48-52,55-57H,3-13,15,17,19-24,26-43H2,1-2H3/b16-14+,25-18+/t44-,45-,48+,49?,50?,51-/m0/s1. The number of hydrogen-bond donors (Lipinski definition) is 4. The minimum atomic E-state index is -1.60. The summed E-state index contributed by atoms with van der Waals surface area (Å²) in [6.07, 6.45) is 40.4. The van der Waals surface area contributed by atoms with Gasteiger partial charge in [0.2, 0.25) is 0 Å². The Kier molecular flexibility index (Phi) is 39.5. The molecule has 0 aromatic rings. The van der Waals surface area contributed by atoms with Crippen molar-refractivity contribution in [1.29, 1.82) is 0 Å². The van der Waals surface area contributed by atoms with Crippen LogP contribution in [0.2, 0.25) is 0 Å². The van der Waals surface area contributed by atoms with Gasteiger partial charge in [-0.25, -0.2) is 0 Å². The van der Waals surface area contributed by atoms with Gasteiger partial charge >= 0.3 is 11.9 Å². The summed E-state index contributed by atoms with van der Waals surface area (Å²) in [5.41, 5.74) is 0. The lowest BCUT2D eigenvalue weighted by molar-refractivity contribution is -0.305. The first kappa shape index (κ1) is 57.2. The van der Waals surface area contributed by atoms with Gasteiger partial charge in [-0.15, -0.1) is 0 Å². The maximum absolute atomic E-state index is 12.8. The van der Waals surface area contributed by atoms with Crippen LogP contribution in [0.5, 0.6) is 0 Å². The summed E-state index contributed by atoms with van der Waals surface area (Å²) in [5.74, 6) is -0.813. The number of allylic oxidation sites excluding steroid dienone is 4. The van der Waals surface area contributed by atoms with E-state index < -0.39 is 49.4 Å². The maximum Gasteiger partial charge on any atom is 0.306 e. The average molecular weight is 867 g/mol. The molecule has 1 fully saturated rings. The van der Waals surface area contributed by atoms with Crippen molar-refractivity contribution in [3.8, 4) is 0 Å². The Morgan fingerprint density at radius 1 is 0.508 bits per heavy atom. The lowest BCUT2D eigenvalue weighted by Gasteiger charge is -2.39. The van der Waals surface area contributed by atoms with Crippen LogP contribution in [0.25, 0.3) is 0 Å². The number of carbonyl (C=O) groups is 2. The highest BCUT2D eigenvalue weighted by Gasteiger charge is 2.44. The van der Waals surface area contributed by atoms with Crippen molar-refractivity contribution in [2.45, 2.75) is 269 Å². The van der Waals surface area contributed by atoms with Crippen LogP contribution in [0.1, 0.15) is 232 Å². The summed E-state index contributed by atoms with van der Waals surface area (Å²) < 4.78 is 22.2. The first-order valence-electron chi connectivity index (χ1n) is 25.4. The highest BCUT2D eigenvalue weighted by atomic mass is 16.7. The van der Waals surface area contributed by atoms with E-state index in [4.69, 9.17) is 18.9 Å². The highest BCUT2D eigenvalue weighted by molar-refractivity contribution is 5.70. The molecule has 0 spiro atoms. The zero-order valence-corrected chi connectivity index (χ0v) is 39.2. The molecule has 1 saturated heterocycles. The van der Waals surface area contributed by atoms with Gasteiger partial charge in [0.1, 0.15) is 31.0 Å². The van der Waals surface area contributed by atoms with Crippen molar-refractivity contribution in [2.24, 2.45) is 0 Å². The van der Waals surface area contributed by atoms with Gasteiger partial charge in [-0.05, 0) is 38.5 Å². The Hall–Kier alpha value is -1.82. The van der Waals surface area contributed by atoms with Crippen LogP contribution in [-0.2, 0) is 28.5 Å². The second-order valence-corrected chi connectivity index (χ2v) is 17.7. The van der Waals surface area contributed by atoms with Crippen molar-refractivity contribution in [1.82, 2.24) is 0 Å². The van der Waals surface area contributed by atoms with Gasteiger partial charge in [-0.2, -0.15) is 0 Å². The quantitative estimate of drug-likeness (QED) is 0.0265. The van der Waals surface area contributed by atoms with Crippen molar-refractivity contribution in [2.75, 3.05) is 19.8 Å². The van der Waals surface area contributed by atoms with Crippen LogP contribution in [-0.4, -0.2) is 89.0 Å². The fourth-order valence-electron chi connectivity index (χ4n) is 7.83. The molecule has 0 amide bonds. The number of esters is 2. The molecule has 0 radical (unpaired) electrons. The largest absolute Gasteiger partial charge is 0.462 e. The third-order valence-corrected chi connectivity index (χ3v) is 11.9. The molecule has 1 aliphatic rings. The van der Waals surface area contributed by atoms with Gasteiger partial charge in [0.25, 0.3) is 0 Å². The molecule has 1 aliphatic heterocycles. The van der Waals surface area contributed by atoms with Crippen LogP contribution in [0, 0.1) is 0 Å². The molecule has 10 nitrogen and oxygen atoms in total. The summed E-state index contributed by atoms with van der Waals surface area (Å²) in [7, 11) is 0.